The predicted molar refractivity (Wildman–Crippen MR) is 150 cm³/mol. The first-order chi connectivity index (χ1) is 17.4. The zero-order valence-electron chi connectivity index (χ0n) is 19.1. The second-order valence-corrected chi connectivity index (χ2v) is 9.37. The van der Waals surface area contributed by atoms with Crippen molar-refractivity contribution in [2.75, 3.05) is 0 Å². The average Bonchev–Trinajstić information content (AvgIpc) is 3.42. The fraction of sp³-hybridized carbons (Fsp3) is 0. The Bertz CT molecular complexity index is 1610. The minimum atomic E-state index is 1.01. The summed E-state index contributed by atoms with van der Waals surface area (Å²) < 4.78 is 1.20. The van der Waals surface area contributed by atoms with Crippen LogP contribution in [0.5, 0.6) is 0 Å². The highest BCUT2D eigenvalue weighted by molar-refractivity contribution is 7.17. The van der Waals surface area contributed by atoms with Gasteiger partial charge in [0.1, 0.15) is 0 Å². The number of rotatable bonds is 5. The van der Waals surface area contributed by atoms with Gasteiger partial charge in [0.15, 0.2) is 0 Å². The van der Waals surface area contributed by atoms with E-state index in [2.05, 4.69) is 133 Å². The molecule has 0 fully saturated rings. The summed E-state index contributed by atoms with van der Waals surface area (Å²) >= 11 is 1.74. The van der Waals surface area contributed by atoms with Gasteiger partial charge in [-0.25, -0.2) is 0 Å². The maximum atomic E-state index is 5.05. The summed E-state index contributed by atoms with van der Waals surface area (Å²) in [4.78, 5) is 5.05. The van der Waals surface area contributed by atoms with Crippen LogP contribution in [0.1, 0.15) is 16.7 Å². The zero-order chi connectivity index (χ0) is 23.5. The van der Waals surface area contributed by atoms with Crippen LogP contribution in [0, 0.1) is 0 Å². The second-order valence-electron chi connectivity index (χ2n) is 8.43. The Morgan fingerprint density at radius 2 is 1.31 bits per heavy atom. The van der Waals surface area contributed by atoms with E-state index < -0.39 is 0 Å². The highest BCUT2D eigenvalue weighted by atomic mass is 32.1. The summed E-state index contributed by atoms with van der Waals surface area (Å²) in [5, 5.41) is 3.40. The smallest absolute Gasteiger partial charge is 0.0793 e. The molecule has 0 aliphatic carbocycles. The lowest BCUT2D eigenvalue weighted by atomic mass is 9.88. The predicted octanol–water partition coefficient (Wildman–Crippen LogP) is 9.22. The minimum Gasteiger partial charge on any atom is -0.254 e. The monoisotopic (exact) mass is 465 g/mol. The molecule has 0 saturated heterocycles. The molecule has 2 heterocycles. The fourth-order valence-corrected chi connectivity index (χ4v) is 5.38. The Morgan fingerprint density at radius 1 is 0.657 bits per heavy atom. The molecule has 166 valence electrons. The van der Waals surface area contributed by atoms with Gasteiger partial charge in [-0.1, -0.05) is 115 Å². The number of nitrogens with zero attached hydrogens (tertiary/aromatic N) is 1. The first-order valence-corrected chi connectivity index (χ1v) is 12.6. The molecule has 2 aromatic heterocycles. The van der Waals surface area contributed by atoms with Crippen molar-refractivity contribution in [2.24, 2.45) is 0 Å². The third kappa shape index (κ3) is 4.21. The maximum Gasteiger partial charge on any atom is 0.0793 e. The molecule has 0 amide bonds. The number of hydrogen-bond acceptors (Lipinski definition) is 2. The number of hydrogen-bond donors (Lipinski definition) is 0. The van der Waals surface area contributed by atoms with Crippen LogP contribution in [-0.4, -0.2) is 4.98 Å². The maximum absolute atomic E-state index is 5.05. The van der Waals surface area contributed by atoms with Gasteiger partial charge in [0, 0.05) is 22.7 Å². The molecule has 0 aliphatic heterocycles. The van der Waals surface area contributed by atoms with E-state index >= 15 is 0 Å². The van der Waals surface area contributed by atoms with Gasteiger partial charge < -0.3 is 0 Å². The lowest BCUT2D eigenvalue weighted by Crippen LogP contribution is -1.96. The van der Waals surface area contributed by atoms with Gasteiger partial charge in [0.05, 0.1) is 10.4 Å². The highest BCUT2D eigenvalue weighted by Crippen LogP contribution is 2.41. The van der Waals surface area contributed by atoms with E-state index in [1.54, 1.807) is 11.3 Å². The number of thiophene rings is 1. The molecule has 0 unspecified atom stereocenters. The van der Waals surface area contributed by atoms with Crippen molar-refractivity contribution < 1.29 is 0 Å². The van der Waals surface area contributed by atoms with Crippen LogP contribution in [0.25, 0.3) is 44.1 Å². The van der Waals surface area contributed by atoms with E-state index in [4.69, 9.17) is 4.98 Å². The topological polar surface area (TPSA) is 12.9 Å². The number of fused-ring (bicyclic) bond motifs is 1. The first-order valence-electron chi connectivity index (χ1n) is 11.7. The average molecular weight is 466 g/mol. The standard InChI is InChI=1S/C33H23NS/c1-4-12-24(13-5-1)22-30(25-14-6-2-7-15-25)27-18-10-11-19-28(27)33-32(26-16-8-3-9-17-26)29-20-21-35-31(29)23-34-33/h1-23H/b30-22+. The molecule has 0 aliphatic rings. The van der Waals surface area contributed by atoms with Crippen molar-refractivity contribution in [2.45, 2.75) is 0 Å². The van der Waals surface area contributed by atoms with Crippen molar-refractivity contribution in [3.05, 3.63) is 150 Å². The summed E-state index contributed by atoms with van der Waals surface area (Å²) in [7, 11) is 0. The minimum absolute atomic E-state index is 1.01. The van der Waals surface area contributed by atoms with Gasteiger partial charge in [-0.3, -0.25) is 4.98 Å². The van der Waals surface area contributed by atoms with E-state index in [-0.39, 0.29) is 0 Å². The van der Waals surface area contributed by atoms with Gasteiger partial charge in [-0.15, -0.1) is 11.3 Å². The fourth-order valence-electron chi connectivity index (χ4n) is 4.62. The third-order valence-corrected chi connectivity index (χ3v) is 7.09. The van der Waals surface area contributed by atoms with E-state index in [0.717, 1.165) is 11.3 Å². The highest BCUT2D eigenvalue weighted by Gasteiger charge is 2.18. The summed E-state index contributed by atoms with van der Waals surface area (Å²) in [5.74, 6) is 0. The number of pyridine rings is 1. The Kier molecular flexibility index (Phi) is 5.80. The van der Waals surface area contributed by atoms with Gasteiger partial charge in [0.2, 0.25) is 0 Å². The van der Waals surface area contributed by atoms with Crippen molar-refractivity contribution >= 4 is 33.1 Å². The van der Waals surface area contributed by atoms with Gasteiger partial charge in [0.25, 0.3) is 0 Å². The van der Waals surface area contributed by atoms with Crippen LogP contribution in [0.15, 0.2) is 133 Å². The van der Waals surface area contributed by atoms with Crippen LogP contribution < -0.4 is 0 Å². The number of aromatic nitrogens is 1. The van der Waals surface area contributed by atoms with E-state index in [1.165, 1.54) is 43.5 Å². The molecule has 6 rings (SSSR count). The van der Waals surface area contributed by atoms with Crippen LogP contribution >= 0.6 is 11.3 Å². The molecular weight excluding hydrogens is 442 g/mol. The molecule has 0 atom stereocenters. The quantitative estimate of drug-likeness (QED) is 0.231. The summed E-state index contributed by atoms with van der Waals surface area (Å²) in [6.45, 7) is 0. The van der Waals surface area contributed by atoms with E-state index in [9.17, 15) is 0 Å². The van der Waals surface area contributed by atoms with E-state index in [0.29, 0.717) is 0 Å². The number of benzene rings is 4. The lowest BCUT2D eigenvalue weighted by molar-refractivity contribution is 1.35. The Hall–Kier alpha value is -4.27. The van der Waals surface area contributed by atoms with Gasteiger partial charge in [-0.05, 0) is 45.3 Å². The molecule has 0 spiro atoms. The van der Waals surface area contributed by atoms with Crippen molar-refractivity contribution in [1.29, 1.82) is 0 Å². The lowest BCUT2D eigenvalue weighted by Gasteiger charge is -2.17. The third-order valence-electron chi connectivity index (χ3n) is 6.24. The van der Waals surface area contributed by atoms with Crippen LogP contribution in [0.3, 0.4) is 0 Å². The summed E-state index contributed by atoms with van der Waals surface area (Å²) in [6, 6.07) is 42.6. The van der Waals surface area contributed by atoms with Crippen molar-refractivity contribution in [3.63, 3.8) is 0 Å². The second kappa shape index (κ2) is 9.54. The van der Waals surface area contributed by atoms with Crippen LogP contribution in [0.4, 0.5) is 0 Å². The SMILES string of the molecule is C(=C(/c1ccccc1)c1ccccc1-c1ncc2sccc2c1-c1ccccc1)/c1ccccc1. The molecule has 0 saturated carbocycles. The van der Waals surface area contributed by atoms with Gasteiger partial charge in [-0.2, -0.15) is 0 Å². The summed E-state index contributed by atoms with van der Waals surface area (Å²) in [6.07, 6.45) is 4.29. The normalized spacial score (nSPS) is 11.6. The Labute approximate surface area is 209 Å². The van der Waals surface area contributed by atoms with E-state index in [1.807, 2.05) is 6.20 Å². The molecule has 0 N–H and O–H groups in total. The van der Waals surface area contributed by atoms with Crippen LogP contribution in [0.2, 0.25) is 0 Å². The van der Waals surface area contributed by atoms with Crippen molar-refractivity contribution in [3.8, 4) is 22.4 Å². The molecular formula is C33H23NS. The molecule has 1 nitrogen and oxygen atoms in total. The molecule has 6 aromatic rings. The molecule has 0 radical (unpaired) electrons. The molecule has 2 heteroatoms. The molecule has 35 heavy (non-hydrogen) atoms. The molecule has 4 aromatic carbocycles. The summed E-state index contributed by atoms with van der Waals surface area (Å²) in [5.41, 5.74) is 9.21. The van der Waals surface area contributed by atoms with Crippen LogP contribution in [-0.2, 0) is 0 Å². The molecule has 0 bridgehead atoms. The first kappa shape index (κ1) is 21.3. The largest absolute Gasteiger partial charge is 0.254 e. The van der Waals surface area contributed by atoms with Crippen molar-refractivity contribution in [1.82, 2.24) is 4.98 Å². The Balaban J connectivity index is 1.64. The van der Waals surface area contributed by atoms with Gasteiger partial charge >= 0.3 is 0 Å². The Morgan fingerprint density at radius 3 is 2.09 bits per heavy atom. The zero-order valence-corrected chi connectivity index (χ0v) is 20.0.